The van der Waals surface area contributed by atoms with Crippen LogP contribution in [0.4, 0.5) is 0 Å². The molecule has 5 rings (SSSR count). The highest BCUT2D eigenvalue weighted by Crippen LogP contribution is 2.36. The van der Waals surface area contributed by atoms with Crippen molar-refractivity contribution in [1.29, 1.82) is 0 Å². The summed E-state index contributed by atoms with van der Waals surface area (Å²) < 4.78 is 27.8. The van der Waals surface area contributed by atoms with Crippen molar-refractivity contribution in [2.75, 3.05) is 33.1 Å². The molecule has 2 aliphatic rings. The molecule has 9 nitrogen and oxygen atoms in total. The summed E-state index contributed by atoms with van der Waals surface area (Å²) in [6.07, 6.45) is 1.74. The molecule has 0 bridgehead atoms. The largest absolute Gasteiger partial charge is 0.494 e. The summed E-state index contributed by atoms with van der Waals surface area (Å²) in [6, 6.07) is 12.8. The number of aromatic nitrogens is 2. The summed E-state index contributed by atoms with van der Waals surface area (Å²) in [4.78, 5) is 14.5. The van der Waals surface area contributed by atoms with E-state index in [1.54, 1.807) is 17.0 Å². The molecule has 3 aromatic rings. The van der Waals surface area contributed by atoms with Gasteiger partial charge in [-0.15, -0.1) is 10.2 Å². The molecule has 0 radical (unpaired) electrons. The molecule has 0 N–H and O–H groups in total. The average Bonchev–Trinajstić information content (AvgIpc) is 3.53. The number of carbonyl (C=O) groups is 1. The first-order chi connectivity index (χ1) is 16.2. The number of piperidine rings is 1. The Morgan fingerprint density at radius 3 is 2.67 bits per heavy atom. The van der Waals surface area contributed by atoms with Crippen molar-refractivity contribution in [2.24, 2.45) is 0 Å². The van der Waals surface area contributed by atoms with E-state index in [1.165, 1.54) is 0 Å². The Balaban J connectivity index is 1.19. The normalized spacial score (nSPS) is 17.1. The number of ether oxygens (including phenoxy) is 4. The lowest BCUT2D eigenvalue weighted by Crippen LogP contribution is -2.41. The summed E-state index contributed by atoms with van der Waals surface area (Å²) in [5.74, 6) is 3.65. The molecule has 1 saturated heterocycles. The number of benzene rings is 2. The summed E-state index contributed by atoms with van der Waals surface area (Å²) in [6.45, 7) is 3.93. The maximum Gasteiger partial charge on any atom is 0.260 e. The molecule has 3 heterocycles. The molecule has 2 aliphatic heterocycles. The van der Waals surface area contributed by atoms with Crippen LogP contribution in [0.3, 0.4) is 0 Å². The Kier molecular flexibility index (Phi) is 6.01. The van der Waals surface area contributed by atoms with Crippen LogP contribution in [-0.2, 0) is 4.79 Å². The molecule has 1 unspecified atom stereocenters. The molecule has 1 fully saturated rings. The Hall–Kier alpha value is -3.75. The molecule has 1 amide bonds. The third-order valence-corrected chi connectivity index (χ3v) is 5.68. The molecule has 1 atom stereocenters. The summed E-state index contributed by atoms with van der Waals surface area (Å²) in [7, 11) is 0. The Morgan fingerprint density at radius 1 is 1.06 bits per heavy atom. The fourth-order valence-corrected chi connectivity index (χ4v) is 3.99. The van der Waals surface area contributed by atoms with E-state index in [9.17, 15) is 4.79 Å². The third-order valence-electron chi connectivity index (χ3n) is 5.68. The second kappa shape index (κ2) is 9.40. The van der Waals surface area contributed by atoms with E-state index in [2.05, 4.69) is 10.2 Å². The predicted octanol–water partition coefficient (Wildman–Crippen LogP) is 3.65. The smallest absolute Gasteiger partial charge is 0.260 e. The zero-order valence-electron chi connectivity index (χ0n) is 18.4. The number of fused-ring (bicyclic) bond motifs is 1. The molecule has 0 spiro atoms. The summed E-state index contributed by atoms with van der Waals surface area (Å²) in [5, 5.41) is 8.45. The van der Waals surface area contributed by atoms with Crippen molar-refractivity contribution in [3.8, 4) is 34.5 Å². The summed E-state index contributed by atoms with van der Waals surface area (Å²) >= 11 is 0. The van der Waals surface area contributed by atoms with Crippen molar-refractivity contribution >= 4 is 5.91 Å². The van der Waals surface area contributed by atoms with Gasteiger partial charge in [-0.3, -0.25) is 4.79 Å². The minimum Gasteiger partial charge on any atom is -0.494 e. The van der Waals surface area contributed by atoms with Gasteiger partial charge in [0.1, 0.15) is 11.5 Å². The topological polar surface area (TPSA) is 96.2 Å². The third kappa shape index (κ3) is 4.72. The van der Waals surface area contributed by atoms with Gasteiger partial charge in [0.25, 0.3) is 5.91 Å². The Morgan fingerprint density at radius 2 is 1.85 bits per heavy atom. The van der Waals surface area contributed by atoms with Crippen LogP contribution in [0.1, 0.15) is 31.6 Å². The molecule has 1 aromatic heterocycles. The van der Waals surface area contributed by atoms with Crippen molar-refractivity contribution < 1.29 is 28.2 Å². The minimum atomic E-state index is -0.0657. The lowest BCUT2D eigenvalue weighted by atomic mass is 9.98. The van der Waals surface area contributed by atoms with Crippen LogP contribution in [0.5, 0.6) is 23.0 Å². The van der Waals surface area contributed by atoms with Crippen LogP contribution in [0.2, 0.25) is 0 Å². The number of carbonyl (C=O) groups excluding carboxylic acids is 1. The maximum absolute atomic E-state index is 12.7. The van der Waals surface area contributed by atoms with Crippen LogP contribution in [0.25, 0.3) is 11.5 Å². The zero-order valence-corrected chi connectivity index (χ0v) is 18.4. The fraction of sp³-hybridized carbons (Fsp3) is 0.375. The number of hydrogen-bond acceptors (Lipinski definition) is 8. The summed E-state index contributed by atoms with van der Waals surface area (Å²) in [5.41, 5.74) is 0.769. The first kappa shape index (κ1) is 21.1. The lowest BCUT2D eigenvalue weighted by molar-refractivity contribution is -0.134. The van der Waals surface area contributed by atoms with E-state index in [-0.39, 0.29) is 25.2 Å². The Bertz CT molecular complexity index is 1110. The molecule has 172 valence electrons. The monoisotopic (exact) mass is 451 g/mol. The van der Waals surface area contributed by atoms with Crippen molar-refractivity contribution in [3.05, 3.63) is 48.4 Å². The fourth-order valence-electron chi connectivity index (χ4n) is 3.99. The molecule has 2 aromatic carbocycles. The van der Waals surface area contributed by atoms with Gasteiger partial charge in [-0.1, -0.05) is 0 Å². The van der Waals surface area contributed by atoms with Gasteiger partial charge in [-0.2, -0.15) is 0 Å². The maximum atomic E-state index is 12.7. The van der Waals surface area contributed by atoms with E-state index in [4.69, 9.17) is 23.4 Å². The van der Waals surface area contributed by atoms with E-state index in [0.717, 1.165) is 24.2 Å². The molecule has 9 heteroatoms. The number of nitrogens with zero attached hydrogens (tertiary/aromatic N) is 3. The van der Waals surface area contributed by atoms with Gasteiger partial charge in [0, 0.05) is 18.7 Å². The number of rotatable bonds is 7. The van der Waals surface area contributed by atoms with Gasteiger partial charge in [0.2, 0.25) is 18.6 Å². The van der Waals surface area contributed by atoms with Crippen LogP contribution in [0.15, 0.2) is 46.9 Å². The highest BCUT2D eigenvalue weighted by Gasteiger charge is 2.29. The number of hydrogen-bond donors (Lipinski definition) is 0. The van der Waals surface area contributed by atoms with Crippen LogP contribution in [-0.4, -0.2) is 54.1 Å². The predicted molar refractivity (Wildman–Crippen MR) is 118 cm³/mol. The number of amides is 1. The zero-order chi connectivity index (χ0) is 22.6. The van der Waals surface area contributed by atoms with E-state index < -0.39 is 0 Å². The molecule has 0 saturated carbocycles. The van der Waals surface area contributed by atoms with E-state index >= 15 is 0 Å². The second-order valence-corrected chi connectivity index (χ2v) is 7.89. The highest BCUT2D eigenvalue weighted by atomic mass is 16.7. The first-order valence-corrected chi connectivity index (χ1v) is 11.1. The van der Waals surface area contributed by atoms with Gasteiger partial charge in [-0.25, -0.2) is 0 Å². The van der Waals surface area contributed by atoms with Gasteiger partial charge in [0.05, 0.1) is 12.5 Å². The molecule has 0 aliphatic carbocycles. The van der Waals surface area contributed by atoms with Gasteiger partial charge in [-0.05, 0) is 62.2 Å². The lowest BCUT2D eigenvalue weighted by Gasteiger charge is -2.31. The molecule has 33 heavy (non-hydrogen) atoms. The SMILES string of the molecule is CCOc1ccc(OCC(=O)N2CCCC(c3nnc(-c4ccc5c(c4)OCO5)o3)C2)cc1. The van der Waals surface area contributed by atoms with Crippen molar-refractivity contribution in [2.45, 2.75) is 25.7 Å². The molecular formula is C24H25N3O6. The minimum absolute atomic E-state index is 0.0107. The first-order valence-electron chi connectivity index (χ1n) is 11.1. The number of likely N-dealkylation sites (tertiary alicyclic amines) is 1. The Labute approximate surface area is 191 Å². The van der Waals surface area contributed by atoms with Gasteiger partial charge >= 0.3 is 0 Å². The van der Waals surface area contributed by atoms with Crippen LogP contribution < -0.4 is 18.9 Å². The quantitative estimate of drug-likeness (QED) is 0.537. The molecular weight excluding hydrogens is 426 g/mol. The second-order valence-electron chi connectivity index (χ2n) is 7.89. The van der Waals surface area contributed by atoms with E-state index in [1.807, 2.05) is 37.3 Å². The van der Waals surface area contributed by atoms with Gasteiger partial charge in [0.15, 0.2) is 18.1 Å². The van der Waals surface area contributed by atoms with Crippen LogP contribution in [0, 0.1) is 0 Å². The average molecular weight is 451 g/mol. The highest BCUT2D eigenvalue weighted by molar-refractivity contribution is 5.78. The standard InChI is InChI=1S/C24H25N3O6/c1-2-29-18-6-8-19(9-7-18)30-14-22(28)27-11-3-4-17(13-27)24-26-25-23(33-24)16-5-10-20-21(12-16)32-15-31-20/h5-10,12,17H,2-4,11,13-15H2,1H3. The van der Waals surface area contributed by atoms with Gasteiger partial charge < -0.3 is 28.3 Å². The van der Waals surface area contributed by atoms with Crippen LogP contribution >= 0.6 is 0 Å². The van der Waals surface area contributed by atoms with Crippen molar-refractivity contribution in [1.82, 2.24) is 15.1 Å². The van der Waals surface area contributed by atoms with E-state index in [0.29, 0.717) is 48.7 Å². The van der Waals surface area contributed by atoms with Crippen molar-refractivity contribution in [3.63, 3.8) is 0 Å².